The van der Waals surface area contributed by atoms with Crippen molar-refractivity contribution < 1.29 is 24.1 Å². The maximum Gasteiger partial charge on any atom is 0.311 e. The molecule has 9 nitrogen and oxygen atoms in total. The predicted octanol–water partition coefficient (Wildman–Crippen LogP) is -0.358. The van der Waals surface area contributed by atoms with Crippen molar-refractivity contribution in [3.63, 3.8) is 0 Å². The van der Waals surface area contributed by atoms with Gasteiger partial charge in [0.25, 0.3) is 0 Å². The molecule has 2 aliphatic heterocycles. The van der Waals surface area contributed by atoms with Crippen molar-refractivity contribution in [3.05, 3.63) is 5.82 Å². The number of carbonyl (C=O) groups is 1. The monoisotopic (exact) mass is 298 g/mol. The SMILES string of the molecule is O=C(O)C1(Cn2nnnc2C2COCCO2)CCOCC1. The molecule has 2 aliphatic rings. The van der Waals surface area contributed by atoms with E-state index in [9.17, 15) is 9.90 Å². The van der Waals surface area contributed by atoms with Gasteiger partial charge < -0.3 is 19.3 Å². The zero-order chi connectivity index (χ0) is 14.7. The minimum absolute atomic E-state index is 0.216. The Hall–Kier alpha value is -1.58. The molecule has 0 aliphatic carbocycles. The van der Waals surface area contributed by atoms with Crippen LogP contribution >= 0.6 is 0 Å². The first kappa shape index (κ1) is 14.4. The fourth-order valence-electron chi connectivity index (χ4n) is 2.68. The highest BCUT2D eigenvalue weighted by atomic mass is 16.6. The summed E-state index contributed by atoms with van der Waals surface area (Å²) in [6.45, 7) is 2.50. The van der Waals surface area contributed by atoms with Gasteiger partial charge in [-0.2, -0.15) is 0 Å². The summed E-state index contributed by atoms with van der Waals surface area (Å²) in [6.07, 6.45) is 0.548. The Morgan fingerprint density at radius 1 is 1.29 bits per heavy atom. The molecule has 2 fully saturated rings. The van der Waals surface area contributed by atoms with Crippen molar-refractivity contribution in [3.8, 4) is 0 Å². The van der Waals surface area contributed by atoms with E-state index < -0.39 is 11.4 Å². The zero-order valence-corrected chi connectivity index (χ0v) is 11.6. The molecule has 2 saturated heterocycles. The van der Waals surface area contributed by atoms with E-state index in [1.165, 1.54) is 4.68 Å². The number of nitrogens with zero attached hydrogens (tertiary/aromatic N) is 4. The average Bonchev–Trinajstić information content (AvgIpc) is 2.97. The Morgan fingerprint density at radius 3 is 2.76 bits per heavy atom. The summed E-state index contributed by atoms with van der Waals surface area (Å²) in [5.41, 5.74) is -0.891. The highest BCUT2D eigenvalue weighted by molar-refractivity contribution is 5.74. The molecule has 0 amide bonds. The third-order valence-electron chi connectivity index (χ3n) is 4.02. The minimum Gasteiger partial charge on any atom is -0.481 e. The number of hydrogen-bond acceptors (Lipinski definition) is 7. The van der Waals surface area contributed by atoms with Crippen LogP contribution in [0.3, 0.4) is 0 Å². The van der Waals surface area contributed by atoms with E-state index in [4.69, 9.17) is 14.2 Å². The summed E-state index contributed by atoms with van der Waals surface area (Å²) in [6, 6.07) is 0. The summed E-state index contributed by atoms with van der Waals surface area (Å²) < 4.78 is 17.7. The number of rotatable bonds is 4. The lowest BCUT2D eigenvalue weighted by Crippen LogP contribution is -2.41. The van der Waals surface area contributed by atoms with Crippen LogP contribution in [0.25, 0.3) is 0 Å². The fraction of sp³-hybridized carbons (Fsp3) is 0.833. The minimum atomic E-state index is -0.891. The number of aliphatic carboxylic acids is 1. The van der Waals surface area contributed by atoms with Crippen LogP contribution < -0.4 is 0 Å². The molecule has 116 valence electrons. The van der Waals surface area contributed by atoms with Crippen molar-refractivity contribution >= 4 is 5.97 Å². The smallest absolute Gasteiger partial charge is 0.311 e. The van der Waals surface area contributed by atoms with E-state index in [1.807, 2.05) is 0 Å². The predicted molar refractivity (Wildman–Crippen MR) is 67.5 cm³/mol. The summed E-state index contributed by atoms with van der Waals surface area (Å²) in [5.74, 6) is -0.324. The standard InChI is InChI=1S/C12H18N4O5/c17-11(18)12(1-3-19-4-2-12)8-16-10(13-14-15-16)9-7-20-5-6-21-9/h9H,1-8H2,(H,17,18). The van der Waals surface area contributed by atoms with Crippen LogP contribution in [0.2, 0.25) is 0 Å². The summed E-state index contributed by atoms with van der Waals surface area (Å²) in [4.78, 5) is 11.7. The van der Waals surface area contributed by atoms with E-state index in [2.05, 4.69) is 15.5 Å². The third kappa shape index (κ3) is 2.89. The molecule has 1 unspecified atom stereocenters. The van der Waals surface area contributed by atoms with Crippen LogP contribution in [0, 0.1) is 5.41 Å². The van der Waals surface area contributed by atoms with Gasteiger partial charge in [0.05, 0.1) is 31.8 Å². The second-order valence-corrected chi connectivity index (χ2v) is 5.33. The maximum atomic E-state index is 11.7. The molecule has 1 aromatic rings. The molecule has 3 heterocycles. The largest absolute Gasteiger partial charge is 0.481 e. The number of hydrogen-bond donors (Lipinski definition) is 1. The Balaban J connectivity index is 1.80. The number of ether oxygens (including phenoxy) is 3. The number of aromatic nitrogens is 4. The summed E-state index contributed by atoms with van der Waals surface area (Å²) in [5, 5.41) is 21.1. The van der Waals surface area contributed by atoms with Gasteiger partial charge in [-0.05, 0) is 23.3 Å². The number of carboxylic acids is 1. The topological polar surface area (TPSA) is 109 Å². The van der Waals surface area contributed by atoms with Crippen LogP contribution in [-0.2, 0) is 25.5 Å². The quantitative estimate of drug-likeness (QED) is 0.803. The van der Waals surface area contributed by atoms with Gasteiger partial charge in [0.15, 0.2) is 5.82 Å². The molecule has 9 heteroatoms. The average molecular weight is 298 g/mol. The number of carboxylic acid groups (broad SMARTS) is 1. The zero-order valence-electron chi connectivity index (χ0n) is 11.6. The highest BCUT2D eigenvalue weighted by Crippen LogP contribution is 2.33. The van der Waals surface area contributed by atoms with Gasteiger partial charge in [-0.25, -0.2) is 4.68 Å². The molecule has 0 bridgehead atoms. The van der Waals surface area contributed by atoms with E-state index in [0.717, 1.165) is 0 Å². The van der Waals surface area contributed by atoms with Crippen LogP contribution in [0.15, 0.2) is 0 Å². The Bertz CT molecular complexity index is 494. The van der Waals surface area contributed by atoms with Gasteiger partial charge in [-0.15, -0.1) is 5.10 Å². The van der Waals surface area contributed by atoms with Crippen molar-refractivity contribution in [2.45, 2.75) is 25.5 Å². The van der Waals surface area contributed by atoms with Crippen LogP contribution in [0.4, 0.5) is 0 Å². The molecule has 1 N–H and O–H groups in total. The lowest BCUT2D eigenvalue weighted by Gasteiger charge is -2.33. The maximum absolute atomic E-state index is 11.7. The molecule has 0 aromatic carbocycles. The van der Waals surface area contributed by atoms with Crippen molar-refractivity contribution in [2.24, 2.45) is 5.41 Å². The molecule has 0 radical (unpaired) electrons. The van der Waals surface area contributed by atoms with Crippen LogP contribution in [0.5, 0.6) is 0 Å². The van der Waals surface area contributed by atoms with E-state index in [0.29, 0.717) is 51.7 Å². The second-order valence-electron chi connectivity index (χ2n) is 5.33. The van der Waals surface area contributed by atoms with Crippen LogP contribution in [0.1, 0.15) is 24.8 Å². The second kappa shape index (κ2) is 6.04. The normalized spacial score (nSPS) is 25.6. The van der Waals surface area contributed by atoms with Gasteiger partial charge in [0.2, 0.25) is 0 Å². The van der Waals surface area contributed by atoms with Gasteiger partial charge in [0.1, 0.15) is 6.10 Å². The van der Waals surface area contributed by atoms with Crippen molar-refractivity contribution in [1.29, 1.82) is 0 Å². The number of tetrazole rings is 1. The first-order valence-corrected chi connectivity index (χ1v) is 6.98. The molecular weight excluding hydrogens is 280 g/mol. The van der Waals surface area contributed by atoms with E-state index in [-0.39, 0.29) is 12.6 Å². The van der Waals surface area contributed by atoms with Crippen molar-refractivity contribution in [2.75, 3.05) is 33.0 Å². The molecule has 3 rings (SSSR count). The molecule has 0 spiro atoms. The van der Waals surface area contributed by atoms with E-state index in [1.54, 1.807) is 0 Å². The van der Waals surface area contributed by atoms with Crippen molar-refractivity contribution in [1.82, 2.24) is 20.2 Å². The lowest BCUT2D eigenvalue weighted by atomic mass is 9.80. The molecule has 0 saturated carbocycles. The highest BCUT2D eigenvalue weighted by Gasteiger charge is 2.42. The van der Waals surface area contributed by atoms with E-state index >= 15 is 0 Å². The summed E-state index contributed by atoms with van der Waals surface area (Å²) >= 11 is 0. The van der Waals surface area contributed by atoms with Gasteiger partial charge in [0, 0.05) is 13.2 Å². The first-order valence-electron chi connectivity index (χ1n) is 6.98. The van der Waals surface area contributed by atoms with Gasteiger partial charge in [-0.1, -0.05) is 0 Å². The molecular formula is C12H18N4O5. The van der Waals surface area contributed by atoms with Crippen LogP contribution in [-0.4, -0.2) is 64.3 Å². The third-order valence-corrected chi connectivity index (χ3v) is 4.02. The first-order chi connectivity index (χ1) is 10.2. The Morgan fingerprint density at radius 2 is 2.10 bits per heavy atom. The summed E-state index contributed by atoms with van der Waals surface area (Å²) in [7, 11) is 0. The molecule has 21 heavy (non-hydrogen) atoms. The molecule has 1 aromatic heterocycles. The lowest BCUT2D eigenvalue weighted by molar-refractivity contribution is -0.156. The Labute approximate surface area is 121 Å². The molecule has 1 atom stereocenters. The fourth-order valence-corrected chi connectivity index (χ4v) is 2.68. The van der Waals surface area contributed by atoms with Gasteiger partial charge in [-0.3, -0.25) is 4.79 Å². The Kier molecular flexibility index (Phi) is 4.13. The van der Waals surface area contributed by atoms with Gasteiger partial charge >= 0.3 is 5.97 Å².